The van der Waals surface area contributed by atoms with E-state index in [1.165, 1.54) is 30.5 Å². The molecule has 0 bridgehead atoms. The lowest BCUT2D eigenvalue weighted by molar-refractivity contribution is 0.316. The van der Waals surface area contributed by atoms with E-state index in [2.05, 4.69) is 67.3 Å². The highest BCUT2D eigenvalue weighted by molar-refractivity contribution is 5.79. The average Bonchev–Trinajstić information content (AvgIpc) is 2.91. The number of aryl methyl sites for hydroxylation is 1. The molecular weight excluding hydrogens is 272 g/mol. The third-order valence-electron chi connectivity index (χ3n) is 4.49. The fourth-order valence-electron chi connectivity index (χ4n) is 2.99. The second-order valence-corrected chi connectivity index (χ2v) is 6.25. The summed E-state index contributed by atoms with van der Waals surface area (Å²) in [6.07, 6.45) is 2.56. The van der Waals surface area contributed by atoms with E-state index >= 15 is 0 Å². The van der Waals surface area contributed by atoms with E-state index < -0.39 is 0 Å². The summed E-state index contributed by atoms with van der Waals surface area (Å²) in [6.45, 7) is 8.17. The predicted octanol–water partition coefficient (Wildman–Crippen LogP) is 2.49. The van der Waals surface area contributed by atoms with Crippen molar-refractivity contribution in [3.8, 4) is 0 Å². The van der Waals surface area contributed by atoms with Gasteiger partial charge in [0, 0.05) is 26.2 Å². The Balaban J connectivity index is 2.01. The first-order valence-electron chi connectivity index (χ1n) is 8.36. The highest BCUT2D eigenvalue weighted by Gasteiger charge is 2.20. The van der Waals surface area contributed by atoms with Crippen molar-refractivity contribution in [2.24, 2.45) is 4.99 Å². The second-order valence-electron chi connectivity index (χ2n) is 6.25. The van der Waals surface area contributed by atoms with E-state index in [9.17, 15) is 0 Å². The molecule has 1 atom stereocenters. The minimum Gasteiger partial charge on any atom is -0.357 e. The van der Waals surface area contributed by atoms with Gasteiger partial charge in [0.15, 0.2) is 5.96 Å². The van der Waals surface area contributed by atoms with Gasteiger partial charge in [-0.25, -0.2) is 0 Å². The molecule has 1 aliphatic heterocycles. The molecule has 1 aromatic rings. The summed E-state index contributed by atoms with van der Waals surface area (Å²) in [6, 6.07) is 9.16. The Kier molecular flexibility index (Phi) is 6.25. The van der Waals surface area contributed by atoms with E-state index in [1.807, 2.05) is 0 Å². The van der Waals surface area contributed by atoms with Gasteiger partial charge in [-0.3, -0.25) is 4.99 Å². The van der Waals surface area contributed by atoms with Crippen LogP contribution in [0.4, 0.5) is 0 Å². The van der Waals surface area contributed by atoms with Crippen LogP contribution >= 0.6 is 0 Å². The van der Waals surface area contributed by atoms with E-state index in [-0.39, 0.29) is 0 Å². The first-order chi connectivity index (χ1) is 10.6. The number of aliphatic imine (C=N–C) groups is 1. The summed E-state index contributed by atoms with van der Waals surface area (Å²) in [5, 5.41) is 3.42. The SMILES string of the molecule is CCNC(=NCC1CCCN1C)N(C)Cc1ccccc1C. The first kappa shape index (κ1) is 16.8. The van der Waals surface area contributed by atoms with Gasteiger partial charge in [-0.1, -0.05) is 24.3 Å². The summed E-state index contributed by atoms with van der Waals surface area (Å²) in [5.74, 6) is 1.01. The third kappa shape index (κ3) is 4.47. The summed E-state index contributed by atoms with van der Waals surface area (Å²) in [7, 11) is 4.32. The molecule has 0 aliphatic carbocycles. The van der Waals surface area contributed by atoms with Gasteiger partial charge in [-0.2, -0.15) is 0 Å². The van der Waals surface area contributed by atoms with Gasteiger partial charge in [-0.15, -0.1) is 0 Å². The van der Waals surface area contributed by atoms with Crippen LogP contribution in [0.2, 0.25) is 0 Å². The van der Waals surface area contributed by atoms with Crippen molar-refractivity contribution in [1.29, 1.82) is 0 Å². The summed E-state index contributed by atoms with van der Waals surface area (Å²) < 4.78 is 0. The van der Waals surface area contributed by atoms with Gasteiger partial charge in [0.1, 0.15) is 0 Å². The summed E-state index contributed by atoms with van der Waals surface area (Å²) in [5.41, 5.74) is 2.69. The maximum absolute atomic E-state index is 4.86. The van der Waals surface area contributed by atoms with Crippen LogP contribution in [0.3, 0.4) is 0 Å². The second kappa shape index (κ2) is 8.18. The highest BCUT2D eigenvalue weighted by atomic mass is 15.3. The van der Waals surface area contributed by atoms with Crippen molar-refractivity contribution in [1.82, 2.24) is 15.1 Å². The quantitative estimate of drug-likeness (QED) is 0.670. The zero-order chi connectivity index (χ0) is 15.9. The molecule has 1 heterocycles. The van der Waals surface area contributed by atoms with Crippen LogP contribution < -0.4 is 5.32 Å². The van der Waals surface area contributed by atoms with Crippen molar-refractivity contribution in [3.63, 3.8) is 0 Å². The van der Waals surface area contributed by atoms with Crippen LogP contribution in [0.1, 0.15) is 30.9 Å². The van der Waals surface area contributed by atoms with Crippen molar-refractivity contribution in [3.05, 3.63) is 35.4 Å². The Hall–Kier alpha value is -1.55. The molecule has 4 heteroatoms. The van der Waals surface area contributed by atoms with E-state index in [1.54, 1.807) is 0 Å². The van der Waals surface area contributed by atoms with Crippen LogP contribution in [-0.2, 0) is 6.54 Å². The lowest BCUT2D eigenvalue weighted by Gasteiger charge is -2.24. The van der Waals surface area contributed by atoms with Crippen molar-refractivity contribution < 1.29 is 0 Å². The van der Waals surface area contributed by atoms with Crippen molar-refractivity contribution in [2.75, 3.05) is 33.7 Å². The topological polar surface area (TPSA) is 30.9 Å². The van der Waals surface area contributed by atoms with Crippen LogP contribution in [0.15, 0.2) is 29.3 Å². The number of guanidine groups is 1. The Morgan fingerprint density at radius 1 is 1.41 bits per heavy atom. The molecule has 1 aromatic carbocycles. The van der Waals surface area contributed by atoms with Crippen molar-refractivity contribution in [2.45, 2.75) is 39.3 Å². The standard InChI is InChI=1S/C18H30N4/c1-5-19-18(20-13-17-11-8-12-21(17)3)22(4)14-16-10-7-6-9-15(16)2/h6-7,9-10,17H,5,8,11-14H2,1-4H3,(H,19,20). The molecule has 2 rings (SSSR count). The third-order valence-corrected chi connectivity index (χ3v) is 4.49. The Morgan fingerprint density at radius 2 is 2.18 bits per heavy atom. The highest BCUT2D eigenvalue weighted by Crippen LogP contribution is 2.15. The molecular formula is C18H30N4. The molecule has 0 saturated carbocycles. The van der Waals surface area contributed by atoms with Crippen molar-refractivity contribution >= 4 is 5.96 Å². The maximum atomic E-state index is 4.86. The van der Waals surface area contributed by atoms with Crippen LogP contribution in [-0.4, -0.2) is 55.5 Å². The van der Waals surface area contributed by atoms with Gasteiger partial charge in [0.05, 0.1) is 6.54 Å². The molecule has 1 aliphatic rings. The molecule has 1 N–H and O–H groups in total. The van der Waals surface area contributed by atoms with Gasteiger partial charge in [0.25, 0.3) is 0 Å². The number of likely N-dealkylation sites (N-methyl/N-ethyl adjacent to an activating group) is 1. The minimum atomic E-state index is 0.598. The summed E-state index contributed by atoms with van der Waals surface area (Å²) in [4.78, 5) is 9.51. The minimum absolute atomic E-state index is 0.598. The normalized spacial score (nSPS) is 19.5. The number of rotatable bonds is 5. The molecule has 1 fully saturated rings. The van der Waals surface area contributed by atoms with Crippen LogP contribution in [0.25, 0.3) is 0 Å². The predicted molar refractivity (Wildman–Crippen MR) is 94.3 cm³/mol. The largest absolute Gasteiger partial charge is 0.357 e. The molecule has 4 nitrogen and oxygen atoms in total. The molecule has 0 amide bonds. The number of likely N-dealkylation sites (tertiary alicyclic amines) is 1. The molecule has 1 unspecified atom stereocenters. The fraction of sp³-hybridized carbons (Fsp3) is 0.611. The number of hydrogen-bond donors (Lipinski definition) is 1. The number of hydrogen-bond acceptors (Lipinski definition) is 2. The van der Waals surface area contributed by atoms with E-state index in [0.29, 0.717) is 6.04 Å². The Labute approximate surface area is 135 Å². The molecule has 22 heavy (non-hydrogen) atoms. The fourth-order valence-corrected chi connectivity index (χ4v) is 2.99. The molecule has 122 valence electrons. The Bertz CT molecular complexity index is 498. The Morgan fingerprint density at radius 3 is 2.82 bits per heavy atom. The summed E-state index contributed by atoms with van der Waals surface area (Å²) >= 11 is 0. The van der Waals surface area contributed by atoms with Gasteiger partial charge < -0.3 is 15.1 Å². The lowest BCUT2D eigenvalue weighted by Crippen LogP contribution is -2.39. The smallest absolute Gasteiger partial charge is 0.194 e. The first-order valence-corrected chi connectivity index (χ1v) is 8.36. The van der Waals surface area contributed by atoms with Crippen LogP contribution in [0.5, 0.6) is 0 Å². The van der Waals surface area contributed by atoms with Gasteiger partial charge in [-0.05, 0) is 51.4 Å². The lowest BCUT2D eigenvalue weighted by atomic mass is 10.1. The van der Waals surface area contributed by atoms with E-state index in [0.717, 1.165) is 25.6 Å². The van der Waals surface area contributed by atoms with Gasteiger partial charge >= 0.3 is 0 Å². The monoisotopic (exact) mass is 302 g/mol. The zero-order valence-corrected chi connectivity index (χ0v) is 14.5. The molecule has 0 radical (unpaired) electrons. The van der Waals surface area contributed by atoms with E-state index in [4.69, 9.17) is 4.99 Å². The average molecular weight is 302 g/mol. The molecule has 0 spiro atoms. The number of nitrogens with one attached hydrogen (secondary N) is 1. The molecule has 1 saturated heterocycles. The maximum Gasteiger partial charge on any atom is 0.194 e. The number of benzene rings is 1. The zero-order valence-electron chi connectivity index (χ0n) is 14.5. The molecule has 0 aromatic heterocycles. The van der Waals surface area contributed by atoms with Crippen LogP contribution in [0, 0.1) is 6.92 Å². The van der Waals surface area contributed by atoms with Gasteiger partial charge in [0.2, 0.25) is 0 Å². The number of nitrogens with zero attached hydrogens (tertiary/aromatic N) is 3.